The predicted octanol–water partition coefficient (Wildman–Crippen LogP) is 3.09. The van der Waals surface area contributed by atoms with Crippen LogP contribution in [0.2, 0.25) is 0 Å². The summed E-state index contributed by atoms with van der Waals surface area (Å²) in [6.45, 7) is 6.85. The van der Waals surface area contributed by atoms with Gasteiger partial charge in [0, 0.05) is 48.7 Å². The van der Waals surface area contributed by atoms with Gasteiger partial charge in [-0.15, -0.1) is 0 Å². The number of anilines is 1. The molecule has 2 heterocycles. The smallest absolute Gasteiger partial charge is 0.255 e. The number of carbonyl (C=O) groups is 1. The summed E-state index contributed by atoms with van der Waals surface area (Å²) >= 11 is 0. The van der Waals surface area contributed by atoms with Gasteiger partial charge in [0.15, 0.2) is 0 Å². The molecule has 1 atom stereocenters. The van der Waals surface area contributed by atoms with Crippen molar-refractivity contribution in [3.63, 3.8) is 0 Å². The van der Waals surface area contributed by atoms with E-state index in [0.717, 1.165) is 12.5 Å². The molecule has 0 bridgehead atoms. The highest BCUT2D eigenvalue weighted by molar-refractivity contribution is 6.03. The highest BCUT2D eigenvalue weighted by Crippen LogP contribution is 2.37. The minimum atomic E-state index is -0.682. The Kier molecular flexibility index (Phi) is 5.15. The highest BCUT2D eigenvalue weighted by Gasteiger charge is 2.33. The zero-order valence-corrected chi connectivity index (χ0v) is 15.7. The monoisotopic (exact) mass is 374 g/mol. The van der Waals surface area contributed by atoms with Crippen molar-refractivity contribution in [3.8, 4) is 11.1 Å². The lowest BCUT2D eigenvalue weighted by Crippen LogP contribution is -2.40. The van der Waals surface area contributed by atoms with Gasteiger partial charge in [0.05, 0.1) is 11.3 Å². The van der Waals surface area contributed by atoms with E-state index >= 15 is 0 Å². The number of carbonyl (C=O) groups excluding carboxylic acids is 1. The minimum absolute atomic E-state index is 0.0565. The summed E-state index contributed by atoms with van der Waals surface area (Å²) in [5.41, 5.74) is 7.67. The number of pyridine rings is 1. The Balaban J connectivity index is 2.16. The Labute approximate surface area is 157 Å². The normalized spacial score (nSPS) is 19.6. The molecule has 1 amide bonds. The lowest BCUT2D eigenvalue weighted by atomic mass is 10.0. The van der Waals surface area contributed by atoms with Crippen LogP contribution >= 0.6 is 0 Å². The van der Waals surface area contributed by atoms with Crippen LogP contribution in [0.1, 0.15) is 37.6 Å². The van der Waals surface area contributed by atoms with Crippen molar-refractivity contribution >= 4 is 11.6 Å². The molecule has 3 N–H and O–H groups in total. The fourth-order valence-electron chi connectivity index (χ4n) is 3.40. The van der Waals surface area contributed by atoms with Crippen LogP contribution in [0.15, 0.2) is 30.6 Å². The van der Waals surface area contributed by atoms with Crippen molar-refractivity contribution in [2.75, 3.05) is 18.0 Å². The van der Waals surface area contributed by atoms with Gasteiger partial charge in [-0.25, -0.2) is 8.78 Å². The molecule has 0 unspecified atom stereocenters. The number of rotatable bonds is 4. The van der Waals surface area contributed by atoms with Crippen molar-refractivity contribution in [2.45, 2.75) is 38.8 Å². The second-order valence-corrected chi connectivity index (χ2v) is 7.70. The van der Waals surface area contributed by atoms with Gasteiger partial charge in [0.1, 0.15) is 11.6 Å². The topological polar surface area (TPSA) is 71.2 Å². The lowest BCUT2D eigenvalue weighted by Gasteiger charge is -2.26. The summed E-state index contributed by atoms with van der Waals surface area (Å²) in [5, 5.41) is 2.86. The number of nitrogens with one attached hydrogen (secondary N) is 1. The molecule has 1 aliphatic heterocycles. The number of benzene rings is 1. The molecule has 1 saturated heterocycles. The molecule has 0 radical (unpaired) electrons. The zero-order chi connectivity index (χ0) is 19.8. The summed E-state index contributed by atoms with van der Waals surface area (Å²) < 4.78 is 27.6. The van der Waals surface area contributed by atoms with Crippen LogP contribution < -0.4 is 16.0 Å². The predicted molar refractivity (Wildman–Crippen MR) is 102 cm³/mol. The first kappa shape index (κ1) is 19.2. The van der Waals surface area contributed by atoms with E-state index in [-0.39, 0.29) is 11.9 Å². The Morgan fingerprint density at radius 1 is 1.26 bits per heavy atom. The molecule has 5 nitrogen and oxygen atoms in total. The molecule has 2 aromatic rings. The first-order chi connectivity index (χ1) is 12.7. The number of hydrogen-bond donors (Lipinski definition) is 2. The maximum atomic E-state index is 13.8. The zero-order valence-electron chi connectivity index (χ0n) is 15.7. The largest absolute Gasteiger partial charge is 0.368 e. The third-order valence-corrected chi connectivity index (χ3v) is 4.58. The number of hydrogen-bond acceptors (Lipinski definition) is 4. The van der Waals surface area contributed by atoms with E-state index in [1.54, 1.807) is 0 Å². The summed E-state index contributed by atoms with van der Waals surface area (Å²) in [6.07, 6.45) is 3.76. The summed E-state index contributed by atoms with van der Waals surface area (Å²) in [5.74, 6) is -1.65. The van der Waals surface area contributed by atoms with Crippen molar-refractivity contribution in [3.05, 3.63) is 47.8 Å². The van der Waals surface area contributed by atoms with Crippen molar-refractivity contribution < 1.29 is 13.6 Å². The average Bonchev–Trinajstić information content (AvgIpc) is 2.92. The molecule has 144 valence electrons. The Morgan fingerprint density at radius 3 is 2.48 bits per heavy atom. The lowest BCUT2D eigenvalue weighted by molar-refractivity contribution is 0.0943. The Bertz CT molecular complexity index is 847. The second kappa shape index (κ2) is 7.23. The van der Waals surface area contributed by atoms with E-state index in [4.69, 9.17) is 5.73 Å². The molecule has 1 fully saturated rings. The second-order valence-electron chi connectivity index (χ2n) is 7.70. The number of amides is 1. The van der Waals surface area contributed by atoms with Crippen LogP contribution in [0.25, 0.3) is 11.1 Å². The fraction of sp³-hybridized carbons (Fsp3) is 0.400. The van der Waals surface area contributed by atoms with E-state index < -0.39 is 17.2 Å². The molecule has 1 aromatic carbocycles. The van der Waals surface area contributed by atoms with E-state index in [0.29, 0.717) is 35.5 Å². The van der Waals surface area contributed by atoms with Crippen LogP contribution in [-0.2, 0) is 0 Å². The maximum absolute atomic E-state index is 13.8. The molecule has 27 heavy (non-hydrogen) atoms. The van der Waals surface area contributed by atoms with Gasteiger partial charge < -0.3 is 16.0 Å². The van der Waals surface area contributed by atoms with Crippen molar-refractivity contribution in [1.29, 1.82) is 0 Å². The summed E-state index contributed by atoms with van der Waals surface area (Å²) in [4.78, 5) is 18.9. The highest BCUT2D eigenvalue weighted by atomic mass is 19.1. The van der Waals surface area contributed by atoms with E-state index in [2.05, 4.69) is 10.3 Å². The molecular weight excluding hydrogens is 350 g/mol. The number of aromatic nitrogens is 1. The Morgan fingerprint density at radius 2 is 1.93 bits per heavy atom. The molecule has 3 rings (SSSR count). The first-order valence-electron chi connectivity index (χ1n) is 8.95. The van der Waals surface area contributed by atoms with Gasteiger partial charge in [0.25, 0.3) is 5.91 Å². The van der Waals surface area contributed by atoms with Gasteiger partial charge in [-0.3, -0.25) is 9.78 Å². The average molecular weight is 374 g/mol. The van der Waals surface area contributed by atoms with Gasteiger partial charge in [-0.2, -0.15) is 0 Å². The summed E-state index contributed by atoms with van der Waals surface area (Å²) in [7, 11) is 0. The van der Waals surface area contributed by atoms with Gasteiger partial charge in [-0.1, -0.05) is 0 Å². The molecule has 0 saturated carbocycles. The molecule has 0 aliphatic carbocycles. The third-order valence-electron chi connectivity index (χ3n) is 4.58. The molecule has 1 aromatic heterocycles. The maximum Gasteiger partial charge on any atom is 0.255 e. The minimum Gasteiger partial charge on any atom is -0.368 e. The Hall–Kier alpha value is -2.54. The SMILES string of the molecule is CC(C)NC(=O)c1cncc(-c2cc(F)cc(F)c2)c1N1CC[C@](C)(N)C1. The van der Waals surface area contributed by atoms with Crippen LogP contribution in [0.3, 0.4) is 0 Å². The quantitative estimate of drug-likeness (QED) is 0.863. The van der Waals surface area contributed by atoms with Gasteiger partial charge in [0.2, 0.25) is 0 Å². The van der Waals surface area contributed by atoms with Crippen LogP contribution in [-0.4, -0.2) is 35.6 Å². The standard InChI is InChI=1S/C20H24F2N4O/c1-12(2)25-19(27)17-10-24-9-16(13-6-14(21)8-15(22)7-13)18(17)26-5-4-20(3,23)11-26/h6-10,12H,4-5,11,23H2,1-3H3,(H,25,27)/t20-/m0/s1. The molecule has 0 spiro atoms. The van der Waals surface area contributed by atoms with Gasteiger partial charge in [-0.05, 0) is 44.9 Å². The number of nitrogens with two attached hydrogens (primary N) is 1. The van der Waals surface area contributed by atoms with Crippen LogP contribution in [0, 0.1) is 11.6 Å². The van der Waals surface area contributed by atoms with Crippen LogP contribution in [0.5, 0.6) is 0 Å². The van der Waals surface area contributed by atoms with Gasteiger partial charge >= 0.3 is 0 Å². The van der Waals surface area contributed by atoms with E-state index in [9.17, 15) is 13.6 Å². The number of halogens is 2. The fourth-order valence-corrected chi connectivity index (χ4v) is 3.40. The molecular formula is C20H24F2N4O. The first-order valence-corrected chi connectivity index (χ1v) is 8.95. The van der Waals surface area contributed by atoms with E-state index in [1.807, 2.05) is 25.7 Å². The molecule has 7 heteroatoms. The number of nitrogens with zero attached hydrogens (tertiary/aromatic N) is 2. The van der Waals surface area contributed by atoms with E-state index in [1.165, 1.54) is 24.5 Å². The third kappa shape index (κ3) is 4.24. The summed E-state index contributed by atoms with van der Waals surface area (Å²) in [6, 6.07) is 3.24. The molecule has 1 aliphatic rings. The van der Waals surface area contributed by atoms with Crippen molar-refractivity contribution in [1.82, 2.24) is 10.3 Å². The van der Waals surface area contributed by atoms with Crippen LogP contribution in [0.4, 0.5) is 14.5 Å². The van der Waals surface area contributed by atoms with Crippen molar-refractivity contribution in [2.24, 2.45) is 5.73 Å².